The largest absolute Gasteiger partial charge is 0.0651 e. The predicted octanol–water partition coefficient (Wildman–Crippen LogP) is 5.16. The minimum atomic E-state index is 1.12. The molecule has 1 aliphatic carbocycles. The Morgan fingerprint density at radius 3 is 2.21 bits per heavy atom. The average Bonchev–Trinajstić information content (AvgIpc) is 2.77. The number of rotatable bonds is 4. The minimum absolute atomic E-state index is 1.12. The van der Waals surface area contributed by atoms with E-state index in [9.17, 15) is 0 Å². The molecule has 2 aromatic rings. The monoisotopic (exact) mass is 250 g/mol. The minimum Gasteiger partial charge on any atom is -0.0651 e. The molecule has 0 fully saturated rings. The molecule has 0 saturated carbocycles. The molecule has 0 unspecified atom stereocenters. The normalized spacial score (nSPS) is 12.3. The van der Waals surface area contributed by atoms with E-state index in [1.807, 2.05) is 0 Å². The van der Waals surface area contributed by atoms with Crippen LogP contribution >= 0.6 is 0 Å². The number of hydrogen-bond donors (Lipinski definition) is 0. The quantitative estimate of drug-likeness (QED) is 0.599. The van der Waals surface area contributed by atoms with E-state index in [1.165, 1.54) is 47.9 Å². The summed E-state index contributed by atoms with van der Waals surface area (Å²) in [6.45, 7) is 4.55. The van der Waals surface area contributed by atoms with Crippen LogP contribution in [0.1, 0.15) is 48.9 Å². The second kappa shape index (κ2) is 5.21. The average molecular weight is 250 g/mol. The molecule has 0 N–H and O–H groups in total. The third-order valence-corrected chi connectivity index (χ3v) is 4.15. The van der Waals surface area contributed by atoms with E-state index >= 15 is 0 Å². The van der Waals surface area contributed by atoms with Crippen molar-refractivity contribution in [3.05, 3.63) is 58.7 Å². The Morgan fingerprint density at radius 1 is 0.789 bits per heavy atom. The van der Waals surface area contributed by atoms with Gasteiger partial charge in [-0.1, -0.05) is 63.1 Å². The number of benzene rings is 2. The van der Waals surface area contributed by atoms with Gasteiger partial charge in [0.05, 0.1) is 0 Å². The number of fused-ring (bicyclic) bond motifs is 3. The lowest BCUT2D eigenvalue weighted by molar-refractivity contribution is 0.860. The second-order valence-corrected chi connectivity index (χ2v) is 5.61. The van der Waals surface area contributed by atoms with E-state index in [4.69, 9.17) is 0 Å². The fraction of sp³-hybridized carbons (Fsp3) is 0.368. The van der Waals surface area contributed by atoms with Gasteiger partial charge in [-0.05, 0) is 52.6 Å². The fourth-order valence-electron chi connectivity index (χ4n) is 3.28. The van der Waals surface area contributed by atoms with E-state index in [1.54, 1.807) is 11.1 Å². The second-order valence-electron chi connectivity index (χ2n) is 5.61. The molecule has 98 valence electrons. The van der Waals surface area contributed by atoms with Crippen molar-refractivity contribution in [2.45, 2.75) is 46.0 Å². The van der Waals surface area contributed by atoms with Crippen LogP contribution in [0.3, 0.4) is 0 Å². The molecule has 0 amide bonds. The molecule has 0 nitrogen and oxygen atoms in total. The van der Waals surface area contributed by atoms with E-state index in [0.29, 0.717) is 0 Å². The molecule has 19 heavy (non-hydrogen) atoms. The standard InChI is InChI=1S/C19H22/c1-3-7-14-11-17-12-16-9-5-6-10-18(16)19(17)13-15(14)8-4-2/h5-6,9-11,13H,3-4,7-8,12H2,1-2H3. The van der Waals surface area contributed by atoms with Gasteiger partial charge >= 0.3 is 0 Å². The summed E-state index contributed by atoms with van der Waals surface area (Å²) >= 11 is 0. The Kier molecular flexibility index (Phi) is 3.42. The van der Waals surface area contributed by atoms with Crippen molar-refractivity contribution in [1.82, 2.24) is 0 Å². The Hall–Kier alpha value is -1.56. The van der Waals surface area contributed by atoms with Gasteiger partial charge < -0.3 is 0 Å². The van der Waals surface area contributed by atoms with Gasteiger partial charge in [0, 0.05) is 0 Å². The van der Waals surface area contributed by atoms with E-state index in [2.05, 4.69) is 50.2 Å². The Balaban J connectivity index is 2.10. The Bertz CT molecular complexity index is 593. The zero-order chi connectivity index (χ0) is 13.2. The smallest absolute Gasteiger partial charge is 0.00134 e. The highest BCUT2D eigenvalue weighted by molar-refractivity contribution is 5.77. The molecule has 0 heteroatoms. The molecule has 3 rings (SSSR count). The molecule has 0 atom stereocenters. The molecule has 0 bridgehead atoms. The van der Waals surface area contributed by atoms with E-state index in [-0.39, 0.29) is 0 Å². The molecule has 0 aliphatic heterocycles. The van der Waals surface area contributed by atoms with Crippen molar-refractivity contribution in [3.63, 3.8) is 0 Å². The number of hydrogen-bond acceptors (Lipinski definition) is 0. The lowest BCUT2D eigenvalue weighted by atomic mass is 9.93. The third-order valence-electron chi connectivity index (χ3n) is 4.15. The molecular formula is C19H22. The Morgan fingerprint density at radius 2 is 1.47 bits per heavy atom. The van der Waals surface area contributed by atoms with Crippen LogP contribution in [0, 0.1) is 0 Å². The fourth-order valence-corrected chi connectivity index (χ4v) is 3.28. The van der Waals surface area contributed by atoms with Crippen molar-refractivity contribution in [3.8, 4) is 11.1 Å². The van der Waals surface area contributed by atoms with Crippen LogP contribution in [0.15, 0.2) is 36.4 Å². The highest BCUT2D eigenvalue weighted by Crippen LogP contribution is 2.38. The first-order chi connectivity index (χ1) is 9.33. The summed E-state index contributed by atoms with van der Waals surface area (Å²) < 4.78 is 0. The highest BCUT2D eigenvalue weighted by atomic mass is 14.2. The predicted molar refractivity (Wildman–Crippen MR) is 82.7 cm³/mol. The summed E-state index contributed by atoms with van der Waals surface area (Å²) in [5.74, 6) is 0. The van der Waals surface area contributed by atoms with Crippen LogP contribution in [-0.2, 0) is 19.3 Å². The van der Waals surface area contributed by atoms with Gasteiger partial charge in [0.1, 0.15) is 0 Å². The van der Waals surface area contributed by atoms with Gasteiger partial charge in [-0.25, -0.2) is 0 Å². The third kappa shape index (κ3) is 2.20. The lowest BCUT2D eigenvalue weighted by Crippen LogP contribution is -1.96. The van der Waals surface area contributed by atoms with Crippen molar-refractivity contribution >= 4 is 0 Å². The molecule has 2 aromatic carbocycles. The summed E-state index contributed by atoms with van der Waals surface area (Å²) in [5, 5.41) is 0. The van der Waals surface area contributed by atoms with Crippen LogP contribution in [0.4, 0.5) is 0 Å². The zero-order valence-corrected chi connectivity index (χ0v) is 12.0. The van der Waals surface area contributed by atoms with Gasteiger partial charge in [-0.3, -0.25) is 0 Å². The first kappa shape index (κ1) is 12.5. The van der Waals surface area contributed by atoms with Crippen LogP contribution < -0.4 is 0 Å². The SMILES string of the molecule is CCCc1cc2c(cc1CCC)-c1ccccc1C2. The maximum atomic E-state index is 2.48. The summed E-state index contributed by atoms with van der Waals surface area (Å²) in [6.07, 6.45) is 6.03. The number of aryl methyl sites for hydroxylation is 2. The summed E-state index contributed by atoms with van der Waals surface area (Å²) in [6, 6.07) is 13.8. The molecule has 0 aromatic heterocycles. The first-order valence-corrected chi connectivity index (χ1v) is 7.56. The maximum Gasteiger partial charge on any atom is -0.00134 e. The van der Waals surface area contributed by atoms with Crippen LogP contribution in [-0.4, -0.2) is 0 Å². The highest BCUT2D eigenvalue weighted by Gasteiger charge is 2.19. The molecule has 1 aliphatic rings. The lowest BCUT2D eigenvalue weighted by Gasteiger charge is -2.12. The van der Waals surface area contributed by atoms with Crippen molar-refractivity contribution in [2.24, 2.45) is 0 Å². The first-order valence-electron chi connectivity index (χ1n) is 7.56. The van der Waals surface area contributed by atoms with Gasteiger partial charge in [0.25, 0.3) is 0 Å². The van der Waals surface area contributed by atoms with Gasteiger partial charge in [0.15, 0.2) is 0 Å². The van der Waals surface area contributed by atoms with Gasteiger partial charge in [0.2, 0.25) is 0 Å². The van der Waals surface area contributed by atoms with E-state index in [0.717, 1.165) is 6.42 Å². The zero-order valence-electron chi connectivity index (χ0n) is 12.0. The topological polar surface area (TPSA) is 0 Å². The molecule has 0 radical (unpaired) electrons. The van der Waals surface area contributed by atoms with Gasteiger partial charge in [-0.2, -0.15) is 0 Å². The van der Waals surface area contributed by atoms with Crippen molar-refractivity contribution < 1.29 is 0 Å². The summed E-state index contributed by atoms with van der Waals surface area (Å²) in [7, 11) is 0. The summed E-state index contributed by atoms with van der Waals surface area (Å²) in [4.78, 5) is 0. The van der Waals surface area contributed by atoms with E-state index < -0.39 is 0 Å². The van der Waals surface area contributed by atoms with Crippen molar-refractivity contribution in [1.29, 1.82) is 0 Å². The van der Waals surface area contributed by atoms with Gasteiger partial charge in [-0.15, -0.1) is 0 Å². The molecule has 0 heterocycles. The molecule has 0 spiro atoms. The van der Waals surface area contributed by atoms with Crippen molar-refractivity contribution in [2.75, 3.05) is 0 Å². The summed E-state index contributed by atoms with van der Waals surface area (Å²) in [5.41, 5.74) is 9.12. The maximum absolute atomic E-state index is 2.48. The van der Waals surface area contributed by atoms with Crippen LogP contribution in [0.25, 0.3) is 11.1 Å². The molecule has 0 saturated heterocycles. The van der Waals surface area contributed by atoms with Crippen LogP contribution in [0.2, 0.25) is 0 Å². The molecular weight excluding hydrogens is 228 g/mol. The van der Waals surface area contributed by atoms with Crippen LogP contribution in [0.5, 0.6) is 0 Å². The Labute approximate surface area is 116 Å².